The van der Waals surface area contributed by atoms with Gasteiger partial charge in [-0.1, -0.05) is 55.4 Å². The number of hydrogen-bond donors (Lipinski definition) is 1. The van der Waals surface area contributed by atoms with E-state index in [1.807, 2.05) is 19.1 Å². The van der Waals surface area contributed by atoms with Gasteiger partial charge in [0.25, 0.3) is 11.8 Å². The molecule has 3 aromatic rings. The van der Waals surface area contributed by atoms with E-state index >= 15 is 0 Å². The molecular weight excluding hydrogens is 462 g/mol. The molecule has 0 spiro atoms. The highest BCUT2D eigenvalue weighted by Gasteiger charge is 2.25. The van der Waals surface area contributed by atoms with Gasteiger partial charge in [0.15, 0.2) is 5.13 Å². The Kier molecular flexibility index (Phi) is 9.14. The van der Waals surface area contributed by atoms with Crippen LogP contribution in [0.5, 0.6) is 0 Å². The van der Waals surface area contributed by atoms with Crippen LogP contribution in [-0.2, 0) is 4.74 Å². The number of ether oxygens (including phenoxy) is 1. The van der Waals surface area contributed by atoms with Gasteiger partial charge in [-0.2, -0.15) is 0 Å². The number of aromatic nitrogens is 1. The third-order valence-corrected chi connectivity index (χ3v) is 6.64. The predicted octanol–water partition coefficient (Wildman–Crippen LogP) is 6.03. The standard InChI is InChI=1S/C27H31N3O4S/c1-5-7-11-16-30(27-28-19(4)23(35-27)26(33)34-6-2)25(32)21-15-14-18(3)22(17-21)29-24(31)20-12-9-8-10-13-20/h8-10,12-15,17H,5-7,11,16H2,1-4H3,(H,29,31). The lowest BCUT2D eigenvalue weighted by Gasteiger charge is -2.21. The lowest BCUT2D eigenvalue weighted by Crippen LogP contribution is -2.32. The highest BCUT2D eigenvalue weighted by Crippen LogP contribution is 2.29. The second-order valence-electron chi connectivity index (χ2n) is 8.15. The van der Waals surface area contributed by atoms with E-state index in [0.717, 1.165) is 36.2 Å². The van der Waals surface area contributed by atoms with E-state index in [2.05, 4.69) is 17.2 Å². The van der Waals surface area contributed by atoms with Crippen molar-refractivity contribution in [2.45, 2.75) is 47.0 Å². The van der Waals surface area contributed by atoms with E-state index in [1.165, 1.54) is 0 Å². The van der Waals surface area contributed by atoms with Crippen molar-refractivity contribution in [3.05, 3.63) is 75.8 Å². The molecular formula is C27H31N3O4S. The minimum atomic E-state index is -0.434. The molecule has 2 aromatic carbocycles. The van der Waals surface area contributed by atoms with Crippen molar-refractivity contribution < 1.29 is 19.1 Å². The Morgan fingerprint density at radius 2 is 1.74 bits per heavy atom. The van der Waals surface area contributed by atoms with Crippen molar-refractivity contribution in [2.75, 3.05) is 23.4 Å². The fourth-order valence-corrected chi connectivity index (χ4v) is 4.50. The summed E-state index contributed by atoms with van der Waals surface area (Å²) >= 11 is 1.16. The van der Waals surface area contributed by atoms with Gasteiger partial charge in [0.1, 0.15) is 4.88 Å². The molecule has 1 aromatic heterocycles. The summed E-state index contributed by atoms with van der Waals surface area (Å²) in [6, 6.07) is 14.2. The summed E-state index contributed by atoms with van der Waals surface area (Å²) in [4.78, 5) is 45.2. The normalized spacial score (nSPS) is 10.6. The molecule has 0 saturated carbocycles. The van der Waals surface area contributed by atoms with Crippen molar-refractivity contribution in [3.63, 3.8) is 0 Å². The summed E-state index contributed by atoms with van der Waals surface area (Å²) in [6.07, 6.45) is 2.78. The fourth-order valence-electron chi connectivity index (χ4n) is 3.52. The Bertz CT molecular complexity index is 1190. The van der Waals surface area contributed by atoms with E-state index in [1.54, 1.807) is 55.1 Å². The molecule has 0 unspecified atom stereocenters. The Morgan fingerprint density at radius 3 is 2.43 bits per heavy atom. The molecule has 35 heavy (non-hydrogen) atoms. The Labute approximate surface area is 210 Å². The third kappa shape index (κ3) is 6.54. The smallest absolute Gasteiger partial charge is 0.350 e. The average molecular weight is 494 g/mol. The molecule has 184 valence electrons. The SMILES string of the molecule is CCCCCN(C(=O)c1ccc(C)c(NC(=O)c2ccccc2)c1)c1nc(C)c(C(=O)OCC)s1. The first-order chi connectivity index (χ1) is 16.8. The highest BCUT2D eigenvalue weighted by atomic mass is 32.1. The fraction of sp³-hybridized carbons (Fsp3) is 0.333. The molecule has 0 bridgehead atoms. The topological polar surface area (TPSA) is 88.6 Å². The zero-order valence-electron chi connectivity index (χ0n) is 20.6. The molecule has 1 heterocycles. The van der Waals surface area contributed by atoms with Crippen molar-refractivity contribution in [1.29, 1.82) is 0 Å². The quantitative estimate of drug-likeness (QED) is 0.275. The lowest BCUT2D eigenvalue weighted by molar-refractivity contribution is 0.0530. The van der Waals surface area contributed by atoms with Gasteiger partial charge in [0.2, 0.25) is 0 Å². The molecule has 0 fully saturated rings. The molecule has 1 N–H and O–H groups in total. The zero-order valence-corrected chi connectivity index (χ0v) is 21.4. The van der Waals surface area contributed by atoms with Crippen LogP contribution in [0.25, 0.3) is 0 Å². The lowest BCUT2D eigenvalue weighted by atomic mass is 10.1. The first kappa shape index (κ1) is 26.1. The maximum Gasteiger partial charge on any atom is 0.350 e. The number of aryl methyl sites for hydroxylation is 2. The van der Waals surface area contributed by atoms with E-state index < -0.39 is 5.97 Å². The van der Waals surface area contributed by atoms with Gasteiger partial charge in [-0.05, 0) is 57.0 Å². The van der Waals surface area contributed by atoms with Gasteiger partial charge < -0.3 is 10.1 Å². The number of anilines is 2. The first-order valence-corrected chi connectivity index (χ1v) is 12.6. The van der Waals surface area contributed by atoms with Crippen molar-refractivity contribution in [3.8, 4) is 0 Å². The van der Waals surface area contributed by atoms with Crippen LogP contribution in [0.1, 0.15) is 74.8 Å². The van der Waals surface area contributed by atoms with E-state index in [0.29, 0.717) is 39.1 Å². The molecule has 7 nitrogen and oxygen atoms in total. The van der Waals surface area contributed by atoms with E-state index in [-0.39, 0.29) is 18.4 Å². The molecule has 0 aliphatic rings. The summed E-state index contributed by atoms with van der Waals surface area (Å²) in [7, 11) is 0. The van der Waals surface area contributed by atoms with E-state index in [4.69, 9.17) is 4.74 Å². The monoisotopic (exact) mass is 493 g/mol. The number of esters is 1. The van der Waals surface area contributed by atoms with Crippen LogP contribution in [0, 0.1) is 13.8 Å². The van der Waals surface area contributed by atoms with Crippen molar-refractivity contribution >= 4 is 39.9 Å². The number of amides is 2. The van der Waals surface area contributed by atoms with Crippen LogP contribution in [0.3, 0.4) is 0 Å². The number of thiazole rings is 1. The van der Waals surface area contributed by atoms with Crippen LogP contribution in [0.2, 0.25) is 0 Å². The van der Waals surface area contributed by atoms with E-state index in [9.17, 15) is 14.4 Å². The Balaban J connectivity index is 1.90. The molecule has 8 heteroatoms. The largest absolute Gasteiger partial charge is 0.462 e. The number of nitrogens with one attached hydrogen (secondary N) is 1. The predicted molar refractivity (Wildman–Crippen MR) is 140 cm³/mol. The van der Waals surface area contributed by atoms with Gasteiger partial charge in [0.05, 0.1) is 12.3 Å². The van der Waals surface area contributed by atoms with Crippen molar-refractivity contribution in [1.82, 2.24) is 4.98 Å². The van der Waals surface area contributed by atoms with Crippen LogP contribution >= 0.6 is 11.3 Å². The van der Waals surface area contributed by atoms with Crippen LogP contribution < -0.4 is 10.2 Å². The van der Waals surface area contributed by atoms with Crippen molar-refractivity contribution in [2.24, 2.45) is 0 Å². The molecule has 0 radical (unpaired) electrons. The average Bonchev–Trinajstić information content (AvgIpc) is 3.24. The number of unbranched alkanes of at least 4 members (excludes halogenated alkanes) is 2. The third-order valence-electron chi connectivity index (χ3n) is 5.48. The van der Waals surface area contributed by atoms with Gasteiger partial charge in [-0.25, -0.2) is 9.78 Å². The number of carbonyl (C=O) groups is 3. The second kappa shape index (κ2) is 12.3. The molecule has 0 saturated heterocycles. The zero-order chi connectivity index (χ0) is 25.4. The number of benzene rings is 2. The van der Waals surface area contributed by atoms with Crippen LogP contribution in [-0.4, -0.2) is 35.9 Å². The van der Waals surface area contributed by atoms with Crippen LogP contribution in [0.4, 0.5) is 10.8 Å². The maximum atomic E-state index is 13.6. The second-order valence-corrected chi connectivity index (χ2v) is 9.12. The number of nitrogens with zero attached hydrogens (tertiary/aromatic N) is 2. The number of rotatable bonds is 10. The molecule has 2 amide bonds. The van der Waals surface area contributed by atoms with Gasteiger partial charge in [0, 0.05) is 23.4 Å². The minimum Gasteiger partial charge on any atom is -0.462 e. The Hall–Kier alpha value is -3.52. The maximum absolute atomic E-state index is 13.6. The van der Waals surface area contributed by atoms with Crippen LogP contribution in [0.15, 0.2) is 48.5 Å². The summed E-state index contributed by atoms with van der Waals surface area (Å²) < 4.78 is 5.14. The summed E-state index contributed by atoms with van der Waals surface area (Å²) in [6.45, 7) is 8.21. The van der Waals surface area contributed by atoms with Gasteiger partial charge in [-0.15, -0.1) is 0 Å². The summed E-state index contributed by atoms with van der Waals surface area (Å²) in [5, 5.41) is 3.37. The summed E-state index contributed by atoms with van der Waals surface area (Å²) in [5.41, 5.74) is 2.92. The Morgan fingerprint density at radius 1 is 1.00 bits per heavy atom. The van der Waals surface area contributed by atoms with Gasteiger partial charge >= 0.3 is 5.97 Å². The molecule has 0 atom stereocenters. The first-order valence-electron chi connectivity index (χ1n) is 11.8. The minimum absolute atomic E-state index is 0.236. The number of hydrogen-bond acceptors (Lipinski definition) is 6. The highest BCUT2D eigenvalue weighted by molar-refractivity contribution is 7.17. The molecule has 0 aliphatic carbocycles. The van der Waals surface area contributed by atoms with Gasteiger partial charge in [-0.3, -0.25) is 14.5 Å². The number of carbonyl (C=O) groups excluding carboxylic acids is 3. The molecule has 3 rings (SSSR count). The summed E-state index contributed by atoms with van der Waals surface area (Å²) in [5.74, 6) is -0.913. The molecule has 0 aliphatic heterocycles.